The Morgan fingerprint density at radius 1 is 0.938 bits per heavy atom. The first-order valence-corrected chi connectivity index (χ1v) is 16.6. The molecule has 0 aliphatic carbocycles. The summed E-state index contributed by atoms with van der Waals surface area (Å²) in [7, 11) is 0. The minimum atomic E-state index is -1.12. The van der Waals surface area contributed by atoms with Crippen LogP contribution in [0.3, 0.4) is 0 Å². The van der Waals surface area contributed by atoms with Gasteiger partial charge in [-0.15, -0.1) is 12.3 Å². The summed E-state index contributed by atoms with van der Waals surface area (Å²) in [5.74, 6) is -3.37. The van der Waals surface area contributed by atoms with Crippen LogP contribution in [0.25, 0.3) is 0 Å². The highest BCUT2D eigenvalue weighted by Crippen LogP contribution is 2.29. The topological polar surface area (TPSA) is 174 Å². The molecule has 2 aliphatic heterocycles. The highest BCUT2D eigenvalue weighted by Gasteiger charge is 2.45. The predicted molar refractivity (Wildman–Crippen MR) is 181 cm³/mol. The van der Waals surface area contributed by atoms with Crippen molar-refractivity contribution in [1.82, 2.24) is 31.1 Å². The Kier molecular flexibility index (Phi) is 13.9. The number of nitrogens with zero attached hydrogens (tertiary/aromatic N) is 2. The van der Waals surface area contributed by atoms with Crippen LogP contribution in [-0.4, -0.2) is 95.0 Å². The lowest BCUT2D eigenvalue weighted by molar-refractivity contribution is -0.143. The van der Waals surface area contributed by atoms with Gasteiger partial charge >= 0.3 is 6.03 Å². The highest BCUT2D eigenvalue weighted by molar-refractivity contribution is 6.38. The first-order valence-electron chi connectivity index (χ1n) is 16.6. The van der Waals surface area contributed by atoms with Crippen molar-refractivity contribution in [3.63, 3.8) is 0 Å². The molecule has 0 radical (unpaired) electrons. The van der Waals surface area contributed by atoms with E-state index in [4.69, 9.17) is 0 Å². The van der Waals surface area contributed by atoms with Crippen molar-refractivity contribution in [1.29, 1.82) is 0 Å². The second kappa shape index (κ2) is 16.7. The maximum Gasteiger partial charge on any atom is 0.315 e. The first-order chi connectivity index (χ1) is 22.2. The van der Waals surface area contributed by atoms with Crippen molar-refractivity contribution >= 4 is 41.4 Å². The zero-order chi connectivity index (χ0) is 36.6. The van der Waals surface area contributed by atoms with Gasteiger partial charge in [0.05, 0.1) is 12.1 Å². The van der Waals surface area contributed by atoms with Crippen LogP contribution in [0.1, 0.15) is 94.4 Å². The lowest BCUT2D eigenvalue weighted by atomic mass is 9.85. The van der Waals surface area contributed by atoms with Crippen LogP contribution in [0, 0.1) is 10.8 Å². The van der Waals surface area contributed by atoms with E-state index in [1.807, 2.05) is 41.5 Å². The summed E-state index contributed by atoms with van der Waals surface area (Å²) in [6.07, 6.45) is 2.77. The Balaban J connectivity index is 2.38. The lowest BCUT2D eigenvalue weighted by Gasteiger charge is -2.37. The van der Waals surface area contributed by atoms with Crippen LogP contribution in [-0.2, 0) is 28.8 Å². The van der Waals surface area contributed by atoms with Gasteiger partial charge in [0.25, 0.3) is 5.91 Å². The Morgan fingerprint density at radius 3 is 2.04 bits per heavy atom. The van der Waals surface area contributed by atoms with Crippen molar-refractivity contribution in [2.24, 2.45) is 10.8 Å². The summed E-state index contributed by atoms with van der Waals surface area (Å²) in [5.41, 5.74) is 3.17. The van der Waals surface area contributed by atoms with E-state index in [1.165, 1.54) is 11.0 Å². The van der Waals surface area contributed by atoms with Gasteiger partial charge < -0.3 is 26.2 Å². The summed E-state index contributed by atoms with van der Waals surface area (Å²) in [6, 6.07) is -4.61. The summed E-state index contributed by atoms with van der Waals surface area (Å²) >= 11 is 0. The number of carbonyl (C=O) groups is 7. The molecule has 2 aliphatic rings. The van der Waals surface area contributed by atoms with Crippen LogP contribution in [0.15, 0.2) is 29.5 Å². The Bertz CT molecular complexity index is 1350. The number of rotatable bonds is 13. The third-order valence-electron chi connectivity index (χ3n) is 8.31. The van der Waals surface area contributed by atoms with E-state index in [0.717, 1.165) is 10.5 Å². The van der Waals surface area contributed by atoms with Crippen molar-refractivity contribution in [2.75, 3.05) is 19.6 Å². The number of hydrogen-bond acceptors (Lipinski definition) is 7. The fourth-order valence-corrected chi connectivity index (χ4v) is 5.59. The zero-order valence-corrected chi connectivity index (χ0v) is 30.0. The Labute approximate surface area is 284 Å². The van der Waals surface area contributed by atoms with E-state index in [1.54, 1.807) is 20.8 Å². The average Bonchev–Trinajstić information content (AvgIpc) is 3.53. The Hall–Kier alpha value is -4.25. The van der Waals surface area contributed by atoms with Crippen molar-refractivity contribution in [3.8, 4) is 0 Å². The largest absolute Gasteiger partial charge is 0.346 e. The number of Topliss-reactive ketones (excluding diaryl/α,β-unsaturated/α-hetero) is 1. The molecule has 13 heteroatoms. The van der Waals surface area contributed by atoms with E-state index >= 15 is 0 Å². The number of carbonyl (C=O) groups excluding carboxylic acids is 7. The van der Waals surface area contributed by atoms with Crippen LogP contribution >= 0.6 is 0 Å². The molecule has 2 rings (SSSR count). The quantitative estimate of drug-likeness (QED) is 0.101. The number of urea groups is 1. The minimum absolute atomic E-state index is 0.00277. The summed E-state index contributed by atoms with van der Waals surface area (Å²) < 4.78 is 0. The number of amides is 7. The molecule has 1 unspecified atom stereocenters. The third-order valence-corrected chi connectivity index (χ3v) is 8.31. The predicted octanol–water partition coefficient (Wildman–Crippen LogP) is 2.51. The highest BCUT2D eigenvalue weighted by atomic mass is 16.2. The smallest absolute Gasteiger partial charge is 0.315 e. The number of imide groups is 1. The lowest BCUT2D eigenvalue weighted by Crippen LogP contribution is -2.62. The van der Waals surface area contributed by atoms with Crippen LogP contribution in [0.5, 0.6) is 0 Å². The second-order valence-electron chi connectivity index (χ2n) is 14.8. The molecule has 13 nitrogen and oxygen atoms in total. The molecule has 4 N–H and O–H groups in total. The van der Waals surface area contributed by atoms with Gasteiger partial charge in [0, 0.05) is 38.0 Å². The van der Waals surface area contributed by atoms with Crippen molar-refractivity contribution in [2.45, 2.75) is 119 Å². The molecule has 0 bridgehead atoms. The van der Waals surface area contributed by atoms with E-state index in [0.29, 0.717) is 18.4 Å². The minimum Gasteiger partial charge on any atom is -0.346 e. The first kappa shape index (κ1) is 39.9. The van der Waals surface area contributed by atoms with Gasteiger partial charge in [-0.2, -0.15) is 0 Å². The van der Waals surface area contributed by atoms with Gasteiger partial charge in [-0.3, -0.25) is 33.7 Å². The summed E-state index contributed by atoms with van der Waals surface area (Å²) in [5, 5.41) is 10.8. The molecule has 0 saturated carbocycles. The number of ketones is 1. The molecule has 0 spiro atoms. The van der Waals surface area contributed by atoms with Gasteiger partial charge in [-0.1, -0.05) is 61.0 Å². The standard InChI is InChI=1S/C35H54N6O7/c1-11-13-23(28(44)31(46)36-17-12-2)37-30(45)27-22(19-21(3)4)16-18-40(27)32(47)29(35(8,9)10)39-33(48)38-24(34(5,6)7)20-41-25(42)14-15-26(41)43/h12,23-24,27,29H,2,11,13-18,20H2,1,3-10H3,(H,36,46)(H,37,45)(H2,38,39,48)/t23?,24-,27+,29-/m1/s1. The normalized spacial score (nSPS) is 18.4. The second-order valence-corrected chi connectivity index (χ2v) is 14.8. The SMILES string of the molecule is C=CCNC(=O)C(=O)C(CCC)NC(=O)[C@@H]1C(=C=C(C)C)CCN1C(=O)[C@@H](NC(=O)N[C@H](CN1C(=O)CCC1=O)C(C)(C)C)C(C)(C)C. The maximum atomic E-state index is 14.3. The van der Waals surface area contributed by atoms with E-state index in [2.05, 4.69) is 33.6 Å². The van der Waals surface area contributed by atoms with Gasteiger partial charge in [0.2, 0.25) is 29.4 Å². The third kappa shape index (κ3) is 10.6. The van der Waals surface area contributed by atoms with Crippen LogP contribution in [0.2, 0.25) is 0 Å². The Morgan fingerprint density at radius 2 is 1.54 bits per heavy atom. The molecule has 2 heterocycles. The van der Waals surface area contributed by atoms with Gasteiger partial charge in [-0.05, 0) is 43.1 Å². The molecular weight excluding hydrogens is 616 g/mol. The van der Waals surface area contributed by atoms with Gasteiger partial charge in [0.15, 0.2) is 0 Å². The van der Waals surface area contributed by atoms with Gasteiger partial charge in [-0.25, -0.2) is 4.79 Å². The van der Waals surface area contributed by atoms with Crippen LogP contribution < -0.4 is 21.3 Å². The molecule has 4 atom stereocenters. The van der Waals surface area contributed by atoms with Gasteiger partial charge in [0.1, 0.15) is 12.1 Å². The van der Waals surface area contributed by atoms with E-state index < -0.39 is 64.5 Å². The molecular formula is C35H54N6O7. The molecule has 2 fully saturated rings. The molecule has 0 aromatic heterocycles. The fraction of sp³-hybridized carbons (Fsp3) is 0.657. The fourth-order valence-electron chi connectivity index (χ4n) is 5.59. The number of likely N-dealkylation sites (tertiary alicyclic amines) is 2. The molecule has 7 amide bonds. The molecule has 0 aromatic rings. The molecule has 266 valence electrons. The van der Waals surface area contributed by atoms with E-state index in [9.17, 15) is 33.6 Å². The molecule has 48 heavy (non-hydrogen) atoms. The van der Waals surface area contributed by atoms with Crippen molar-refractivity contribution in [3.05, 3.63) is 29.5 Å². The van der Waals surface area contributed by atoms with Crippen molar-refractivity contribution < 1.29 is 33.6 Å². The maximum absolute atomic E-state index is 14.3. The average molecular weight is 671 g/mol. The molecule has 0 aromatic carbocycles. The van der Waals surface area contributed by atoms with E-state index in [-0.39, 0.29) is 50.7 Å². The summed E-state index contributed by atoms with van der Waals surface area (Å²) in [4.78, 5) is 94.3. The molecule has 2 saturated heterocycles. The summed E-state index contributed by atoms with van der Waals surface area (Å²) in [6.45, 7) is 20.2. The monoisotopic (exact) mass is 670 g/mol. The number of nitrogens with one attached hydrogen (secondary N) is 4. The number of hydrogen-bond donors (Lipinski definition) is 4. The van der Waals surface area contributed by atoms with Crippen LogP contribution in [0.4, 0.5) is 4.79 Å². The zero-order valence-electron chi connectivity index (χ0n) is 30.0.